The lowest BCUT2D eigenvalue weighted by Crippen LogP contribution is -2.42. The van der Waals surface area contributed by atoms with Crippen LogP contribution in [0.1, 0.15) is 29.3 Å². The molecule has 1 unspecified atom stereocenters. The fraction of sp³-hybridized carbons (Fsp3) is 0.250. The van der Waals surface area contributed by atoms with Crippen LogP contribution < -0.4 is 4.90 Å². The minimum absolute atomic E-state index is 0.216. The summed E-state index contributed by atoms with van der Waals surface area (Å²) in [5.74, 6) is -0.777. The Morgan fingerprint density at radius 2 is 2.08 bits per heavy atom. The number of aromatic nitrogens is 1. The molecule has 2 heterocycles. The maximum absolute atomic E-state index is 12.8. The molecule has 3 aromatic rings. The zero-order valence-electron chi connectivity index (χ0n) is 14.3. The SMILES string of the molecule is CC(OC(=O)c1ccc2ncoc2c1)C(=O)N1CCCc2ccccc21. The molecule has 1 aromatic heterocycles. The third-order valence-electron chi connectivity index (χ3n) is 4.57. The maximum Gasteiger partial charge on any atom is 0.339 e. The van der Waals surface area contributed by atoms with E-state index in [1.54, 1.807) is 30.0 Å². The number of carbonyl (C=O) groups excluding carboxylic acids is 2. The summed E-state index contributed by atoms with van der Waals surface area (Å²) in [5, 5.41) is 0. The van der Waals surface area contributed by atoms with Gasteiger partial charge in [-0.15, -0.1) is 0 Å². The molecule has 1 aliphatic heterocycles. The number of benzene rings is 2. The third kappa shape index (κ3) is 2.94. The quantitative estimate of drug-likeness (QED) is 0.677. The Balaban J connectivity index is 1.50. The van der Waals surface area contributed by atoms with E-state index in [1.807, 2.05) is 24.3 Å². The molecular formula is C20H18N2O4. The van der Waals surface area contributed by atoms with Crippen molar-refractivity contribution in [2.75, 3.05) is 11.4 Å². The molecule has 0 N–H and O–H groups in total. The van der Waals surface area contributed by atoms with Crippen LogP contribution in [-0.2, 0) is 16.0 Å². The Labute approximate surface area is 150 Å². The van der Waals surface area contributed by atoms with Gasteiger partial charge in [0.2, 0.25) is 0 Å². The summed E-state index contributed by atoms with van der Waals surface area (Å²) in [6, 6.07) is 12.7. The molecule has 0 aliphatic carbocycles. The van der Waals surface area contributed by atoms with Crippen molar-refractivity contribution in [3.8, 4) is 0 Å². The van der Waals surface area contributed by atoms with Gasteiger partial charge in [0.05, 0.1) is 5.56 Å². The lowest BCUT2D eigenvalue weighted by Gasteiger charge is -2.31. The predicted octanol–water partition coefficient (Wildman–Crippen LogP) is 3.35. The number of fused-ring (bicyclic) bond motifs is 2. The standard InChI is InChI=1S/C20H18N2O4/c1-13(19(23)22-10-4-6-14-5-2-3-7-17(14)22)26-20(24)15-8-9-16-18(11-15)25-12-21-16/h2-3,5,7-9,11-13H,4,6,10H2,1H3. The number of aryl methyl sites for hydroxylation is 1. The number of rotatable bonds is 3. The first-order chi connectivity index (χ1) is 12.6. The van der Waals surface area contributed by atoms with Crippen LogP contribution in [0.25, 0.3) is 11.1 Å². The van der Waals surface area contributed by atoms with Crippen molar-refractivity contribution in [2.45, 2.75) is 25.9 Å². The lowest BCUT2D eigenvalue weighted by molar-refractivity contribution is -0.126. The topological polar surface area (TPSA) is 72.6 Å². The van der Waals surface area contributed by atoms with E-state index in [0.717, 1.165) is 24.1 Å². The predicted molar refractivity (Wildman–Crippen MR) is 96.0 cm³/mol. The molecule has 6 nitrogen and oxygen atoms in total. The molecule has 1 atom stereocenters. The van der Waals surface area contributed by atoms with Crippen LogP contribution in [0.5, 0.6) is 0 Å². The van der Waals surface area contributed by atoms with Crippen molar-refractivity contribution < 1.29 is 18.7 Å². The van der Waals surface area contributed by atoms with Crippen molar-refractivity contribution in [2.24, 2.45) is 0 Å². The van der Waals surface area contributed by atoms with Gasteiger partial charge in [-0.05, 0) is 49.6 Å². The van der Waals surface area contributed by atoms with Crippen LogP contribution in [0.3, 0.4) is 0 Å². The number of carbonyl (C=O) groups is 2. The van der Waals surface area contributed by atoms with Gasteiger partial charge in [0.25, 0.3) is 5.91 Å². The highest BCUT2D eigenvalue weighted by Gasteiger charge is 2.28. The first-order valence-corrected chi connectivity index (χ1v) is 8.57. The van der Waals surface area contributed by atoms with Gasteiger partial charge in [0.1, 0.15) is 5.52 Å². The van der Waals surface area contributed by atoms with Crippen LogP contribution in [0.2, 0.25) is 0 Å². The number of hydrogen-bond acceptors (Lipinski definition) is 5. The second-order valence-corrected chi connectivity index (χ2v) is 6.30. The average molecular weight is 350 g/mol. The van der Waals surface area contributed by atoms with E-state index in [1.165, 1.54) is 6.39 Å². The van der Waals surface area contributed by atoms with Gasteiger partial charge in [-0.1, -0.05) is 18.2 Å². The van der Waals surface area contributed by atoms with Crippen LogP contribution >= 0.6 is 0 Å². The highest BCUT2D eigenvalue weighted by atomic mass is 16.5. The number of nitrogens with zero attached hydrogens (tertiary/aromatic N) is 2. The highest BCUT2D eigenvalue weighted by Crippen LogP contribution is 2.27. The average Bonchev–Trinajstić information content (AvgIpc) is 3.14. The Morgan fingerprint density at radius 3 is 2.96 bits per heavy atom. The van der Waals surface area contributed by atoms with E-state index in [-0.39, 0.29) is 5.91 Å². The van der Waals surface area contributed by atoms with E-state index >= 15 is 0 Å². The number of para-hydroxylation sites is 1. The van der Waals surface area contributed by atoms with Gasteiger partial charge in [0, 0.05) is 12.2 Å². The first kappa shape index (κ1) is 16.3. The zero-order chi connectivity index (χ0) is 18.1. The van der Waals surface area contributed by atoms with Crippen molar-refractivity contribution >= 4 is 28.7 Å². The monoisotopic (exact) mass is 350 g/mol. The van der Waals surface area contributed by atoms with Gasteiger partial charge in [-0.2, -0.15) is 0 Å². The van der Waals surface area contributed by atoms with Crippen LogP contribution in [0, 0.1) is 0 Å². The number of oxazole rings is 1. The Morgan fingerprint density at radius 1 is 1.23 bits per heavy atom. The largest absolute Gasteiger partial charge is 0.449 e. The van der Waals surface area contributed by atoms with E-state index in [0.29, 0.717) is 23.2 Å². The van der Waals surface area contributed by atoms with Crippen LogP contribution in [0.4, 0.5) is 5.69 Å². The van der Waals surface area contributed by atoms with Crippen LogP contribution in [-0.4, -0.2) is 29.5 Å². The lowest BCUT2D eigenvalue weighted by atomic mass is 10.0. The van der Waals surface area contributed by atoms with Gasteiger partial charge < -0.3 is 14.1 Å². The Bertz CT molecular complexity index is 979. The molecule has 6 heteroatoms. The normalized spacial score (nSPS) is 14.7. The van der Waals surface area contributed by atoms with Crippen molar-refractivity contribution in [1.82, 2.24) is 4.98 Å². The van der Waals surface area contributed by atoms with Crippen molar-refractivity contribution in [3.63, 3.8) is 0 Å². The van der Waals surface area contributed by atoms with Gasteiger partial charge in [-0.3, -0.25) is 4.79 Å². The van der Waals surface area contributed by atoms with Crippen molar-refractivity contribution in [1.29, 1.82) is 0 Å². The summed E-state index contributed by atoms with van der Waals surface area (Å²) in [4.78, 5) is 30.9. The van der Waals surface area contributed by atoms with Gasteiger partial charge >= 0.3 is 5.97 Å². The summed E-state index contributed by atoms with van der Waals surface area (Å²) in [5.41, 5.74) is 3.53. The van der Waals surface area contributed by atoms with Gasteiger partial charge in [-0.25, -0.2) is 9.78 Å². The number of esters is 1. The molecular weight excluding hydrogens is 332 g/mol. The van der Waals surface area contributed by atoms with E-state index in [9.17, 15) is 9.59 Å². The van der Waals surface area contributed by atoms with E-state index in [2.05, 4.69) is 4.98 Å². The summed E-state index contributed by atoms with van der Waals surface area (Å²) in [7, 11) is 0. The Kier molecular flexibility index (Phi) is 4.16. The van der Waals surface area contributed by atoms with E-state index in [4.69, 9.17) is 9.15 Å². The molecule has 0 fully saturated rings. The number of amides is 1. The molecule has 132 valence electrons. The zero-order valence-corrected chi connectivity index (χ0v) is 14.3. The molecule has 0 saturated heterocycles. The molecule has 2 aromatic carbocycles. The minimum Gasteiger partial charge on any atom is -0.449 e. The molecule has 26 heavy (non-hydrogen) atoms. The van der Waals surface area contributed by atoms with Crippen LogP contribution in [0.15, 0.2) is 53.3 Å². The van der Waals surface area contributed by atoms with E-state index < -0.39 is 12.1 Å². The highest BCUT2D eigenvalue weighted by molar-refractivity contribution is 6.00. The molecule has 0 radical (unpaired) electrons. The minimum atomic E-state index is -0.876. The summed E-state index contributed by atoms with van der Waals surface area (Å²) >= 11 is 0. The van der Waals surface area contributed by atoms with Crippen molar-refractivity contribution in [3.05, 3.63) is 60.0 Å². The Hall–Kier alpha value is -3.15. The fourth-order valence-corrected chi connectivity index (χ4v) is 3.24. The molecule has 0 bridgehead atoms. The summed E-state index contributed by atoms with van der Waals surface area (Å²) in [6.45, 7) is 2.23. The summed E-state index contributed by atoms with van der Waals surface area (Å²) in [6.07, 6.45) is 2.29. The molecule has 1 aliphatic rings. The maximum atomic E-state index is 12.8. The number of ether oxygens (including phenoxy) is 1. The second-order valence-electron chi connectivity index (χ2n) is 6.30. The third-order valence-corrected chi connectivity index (χ3v) is 4.57. The number of hydrogen-bond donors (Lipinski definition) is 0. The number of anilines is 1. The molecule has 0 saturated carbocycles. The summed E-state index contributed by atoms with van der Waals surface area (Å²) < 4.78 is 10.6. The molecule has 4 rings (SSSR count). The fourth-order valence-electron chi connectivity index (χ4n) is 3.24. The second kappa shape index (κ2) is 6.63. The molecule has 0 spiro atoms. The smallest absolute Gasteiger partial charge is 0.339 e. The first-order valence-electron chi connectivity index (χ1n) is 8.57. The molecule has 1 amide bonds. The van der Waals surface area contributed by atoms with Gasteiger partial charge in [0.15, 0.2) is 18.1 Å².